The first-order valence-electron chi connectivity index (χ1n) is 10.2. The summed E-state index contributed by atoms with van der Waals surface area (Å²) in [5.74, 6) is 2.08. The quantitative estimate of drug-likeness (QED) is 0.495. The molecule has 148 valence electrons. The first-order valence-corrected chi connectivity index (χ1v) is 10.2. The Morgan fingerprint density at radius 2 is 1.93 bits per heavy atom. The number of carbonyl (C=O) groups excluding carboxylic acids is 1. The van der Waals surface area contributed by atoms with Gasteiger partial charge in [-0.05, 0) is 52.0 Å². The van der Waals surface area contributed by atoms with Crippen LogP contribution in [0, 0.1) is 0 Å². The van der Waals surface area contributed by atoms with Crippen molar-refractivity contribution in [1.82, 2.24) is 0 Å². The van der Waals surface area contributed by atoms with Crippen LogP contribution in [0.1, 0.15) is 63.5 Å². The minimum absolute atomic E-state index is 0.0700. The number of benzene rings is 2. The van der Waals surface area contributed by atoms with Crippen LogP contribution in [0.4, 0.5) is 0 Å². The zero-order valence-electron chi connectivity index (χ0n) is 16.9. The fourth-order valence-electron chi connectivity index (χ4n) is 4.32. The van der Waals surface area contributed by atoms with Gasteiger partial charge in [-0.15, -0.1) is 0 Å². The second-order valence-electron chi connectivity index (χ2n) is 8.58. The summed E-state index contributed by atoms with van der Waals surface area (Å²) >= 11 is 0. The Bertz CT molecular complexity index is 856. The fraction of sp³-hybridized carbons (Fsp3) is 0.458. The molecule has 0 amide bonds. The first kappa shape index (κ1) is 18.9. The zero-order valence-corrected chi connectivity index (χ0v) is 16.9. The van der Waals surface area contributed by atoms with Crippen molar-refractivity contribution in [1.29, 1.82) is 0 Å². The van der Waals surface area contributed by atoms with E-state index in [2.05, 4.69) is 45.0 Å². The van der Waals surface area contributed by atoms with Gasteiger partial charge < -0.3 is 14.2 Å². The van der Waals surface area contributed by atoms with Gasteiger partial charge in [0.25, 0.3) is 0 Å². The topological polar surface area (TPSA) is 44.8 Å². The van der Waals surface area contributed by atoms with Crippen molar-refractivity contribution < 1.29 is 19.0 Å². The van der Waals surface area contributed by atoms with E-state index in [-0.39, 0.29) is 23.6 Å². The predicted molar refractivity (Wildman–Crippen MR) is 108 cm³/mol. The molecular formula is C24H28O4. The second-order valence-corrected chi connectivity index (χ2v) is 8.58. The molecule has 0 radical (unpaired) electrons. The van der Waals surface area contributed by atoms with Gasteiger partial charge in [0.2, 0.25) is 0 Å². The summed E-state index contributed by atoms with van der Waals surface area (Å²) in [4.78, 5) is 12.0. The second kappa shape index (κ2) is 7.50. The summed E-state index contributed by atoms with van der Waals surface area (Å²) in [6, 6.07) is 14.3. The lowest BCUT2D eigenvalue weighted by molar-refractivity contribution is -0.136. The predicted octanol–water partition coefficient (Wildman–Crippen LogP) is 5.43. The molecule has 0 N–H and O–H groups in total. The van der Waals surface area contributed by atoms with Crippen LogP contribution in [0.5, 0.6) is 17.2 Å². The molecule has 2 heterocycles. The Balaban J connectivity index is 1.45. The molecule has 2 aromatic rings. The highest BCUT2D eigenvalue weighted by molar-refractivity contribution is 5.78. The van der Waals surface area contributed by atoms with Gasteiger partial charge in [-0.1, -0.05) is 30.3 Å². The number of rotatable bonds is 6. The summed E-state index contributed by atoms with van der Waals surface area (Å²) in [5.41, 5.74) is 2.07. The highest BCUT2D eigenvalue weighted by Crippen LogP contribution is 2.51. The molecule has 0 bridgehead atoms. The lowest BCUT2D eigenvalue weighted by Gasteiger charge is -2.40. The van der Waals surface area contributed by atoms with Gasteiger partial charge in [-0.2, -0.15) is 0 Å². The molecule has 4 heteroatoms. The van der Waals surface area contributed by atoms with E-state index in [1.807, 2.05) is 18.2 Å². The molecule has 0 saturated heterocycles. The summed E-state index contributed by atoms with van der Waals surface area (Å²) in [6.07, 6.45) is 4.36. The van der Waals surface area contributed by atoms with E-state index in [0.717, 1.165) is 37.0 Å². The van der Waals surface area contributed by atoms with Gasteiger partial charge in [-0.3, -0.25) is 4.79 Å². The van der Waals surface area contributed by atoms with Crippen molar-refractivity contribution in [2.45, 2.75) is 70.5 Å². The van der Waals surface area contributed by atoms with Crippen molar-refractivity contribution in [3.05, 3.63) is 53.6 Å². The molecule has 4 nitrogen and oxygen atoms in total. The number of carbonyl (C=O) groups is 1. The molecule has 0 aromatic heterocycles. The Hall–Kier alpha value is -2.49. The van der Waals surface area contributed by atoms with Crippen molar-refractivity contribution in [3.63, 3.8) is 0 Å². The van der Waals surface area contributed by atoms with Crippen molar-refractivity contribution in [3.8, 4) is 17.2 Å². The third-order valence-electron chi connectivity index (χ3n) is 5.50. The van der Waals surface area contributed by atoms with Crippen molar-refractivity contribution >= 4 is 5.97 Å². The Morgan fingerprint density at radius 1 is 1.18 bits per heavy atom. The largest absolute Gasteiger partial charge is 0.490 e. The zero-order chi connectivity index (χ0) is 19.7. The van der Waals surface area contributed by atoms with E-state index in [1.54, 1.807) is 0 Å². The molecule has 2 unspecified atom stereocenters. The van der Waals surface area contributed by atoms with Gasteiger partial charge in [0.05, 0.1) is 12.5 Å². The lowest BCUT2D eigenvalue weighted by Crippen LogP contribution is -2.37. The maximum absolute atomic E-state index is 12.0. The third-order valence-corrected chi connectivity index (χ3v) is 5.50. The van der Waals surface area contributed by atoms with Gasteiger partial charge in [0, 0.05) is 23.6 Å². The summed E-state index contributed by atoms with van der Waals surface area (Å²) in [5, 5.41) is 0. The first-order chi connectivity index (χ1) is 13.4. The summed E-state index contributed by atoms with van der Waals surface area (Å²) in [6.45, 7) is 6.21. The van der Waals surface area contributed by atoms with Crippen LogP contribution in [0.2, 0.25) is 0 Å². The van der Waals surface area contributed by atoms with Gasteiger partial charge >= 0.3 is 5.97 Å². The van der Waals surface area contributed by atoms with Crippen LogP contribution in [-0.2, 0) is 11.2 Å². The maximum Gasteiger partial charge on any atom is 0.311 e. The third kappa shape index (κ3) is 4.16. The number of hydrogen-bond donors (Lipinski definition) is 0. The van der Waals surface area contributed by atoms with Crippen molar-refractivity contribution in [2.24, 2.45) is 0 Å². The smallest absolute Gasteiger partial charge is 0.311 e. The average Bonchev–Trinajstić information content (AvgIpc) is 2.60. The van der Waals surface area contributed by atoms with E-state index in [0.29, 0.717) is 17.9 Å². The monoisotopic (exact) mass is 380 g/mol. The van der Waals surface area contributed by atoms with Crippen LogP contribution in [0.15, 0.2) is 42.5 Å². The summed E-state index contributed by atoms with van der Waals surface area (Å²) < 4.78 is 17.9. The van der Waals surface area contributed by atoms with E-state index < -0.39 is 0 Å². The molecule has 2 aromatic carbocycles. The SMILES string of the molecule is CC(CCCc1ccccc1)Oc1cc2c3c(c1)OC(C)(C)CC3CC(=O)O2. The minimum atomic E-state index is -0.299. The van der Waals surface area contributed by atoms with Crippen LogP contribution >= 0.6 is 0 Å². The number of aryl methyl sites for hydroxylation is 1. The Morgan fingerprint density at radius 3 is 2.71 bits per heavy atom. The van der Waals surface area contributed by atoms with Gasteiger partial charge in [0.15, 0.2) is 0 Å². The molecule has 2 atom stereocenters. The summed E-state index contributed by atoms with van der Waals surface area (Å²) in [7, 11) is 0. The highest BCUT2D eigenvalue weighted by Gasteiger charge is 2.40. The molecule has 2 aliphatic rings. The van der Waals surface area contributed by atoms with E-state index in [9.17, 15) is 4.79 Å². The van der Waals surface area contributed by atoms with Crippen LogP contribution in [-0.4, -0.2) is 17.7 Å². The van der Waals surface area contributed by atoms with E-state index in [4.69, 9.17) is 14.2 Å². The number of ether oxygens (including phenoxy) is 3. The number of esters is 1. The van der Waals surface area contributed by atoms with E-state index >= 15 is 0 Å². The molecule has 0 aliphatic carbocycles. The standard InChI is InChI=1S/C24H28O4/c1-16(8-7-11-17-9-5-4-6-10-17)26-19-13-20-23-18(12-22(25)27-20)15-24(2,3)28-21(23)14-19/h4-6,9-10,13-14,16,18H,7-8,11-12,15H2,1-3H3. The fourth-order valence-corrected chi connectivity index (χ4v) is 4.32. The van der Waals surface area contributed by atoms with Gasteiger partial charge in [-0.25, -0.2) is 0 Å². The van der Waals surface area contributed by atoms with E-state index in [1.165, 1.54) is 5.56 Å². The molecule has 0 saturated carbocycles. The highest BCUT2D eigenvalue weighted by atomic mass is 16.5. The molecule has 4 rings (SSSR count). The average molecular weight is 380 g/mol. The van der Waals surface area contributed by atoms with Crippen LogP contribution < -0.4 is 14.2 Å². The molecule has 28 heavy (non-hydrogen) atoms. The molecule has 0 fully saturated rings. The Kier molecular flexibility index (Phi) is 5.05. The normalized spacial score (nSPS) is 20.5. The molecular weight excluding hydrogens is 352 g/mol. The minimum Gasteiger partial charge on any atom is -0.490 e. The van der Waals surface area contributed by atoms with Crippen LogP contribution in [0.25, 0.3) is 0 Å². The number of hydrogen-bond acceptors (Lipinski definition) is 4. The van der Waals surface area contributed by atoms with Gasteiger partial charge in [0.1, 0.15) is 22.8 Å². The molecule has 2 aliphatic heterocycles. The molecule has 0 spiro atoms. The maximum atomic E-state index is 12.0. The van der Waals surface area contributed by atoms with Crippen LogP contribution in [0.3, 0.4) is 0 Å². The Labute approximate surface area is 166 Å². The lowest BCUT2D eigenvalue weighted by atomic mass is 9.81. The van der Waals surface area contributed by atoms with Crippen molar-refractivity contribution in [2.75, 3.05) is 0 Å².